The fourth-order valence-electron chi connectivity index (χ4n) is 5.25. The van der Waals surface area contributed by atoms with Crippen molar-refractivity contribution in [3.63, 3.8) is 0 Å². The van der Waals surface area contributed by atoms with Gasteiger partial charge in [0.2, 0.25) is 5.95 Å². The van der Waals surface area contributed by atoms with Crippen molar-refractivity contribution in [2.24, 2.45) is 14.1 Å². The largest absolute Gasteiger partial charge is 0.399 e. The summed E-state index contributed by atoms with van der Waals surface area (Å²) in [5, 5.41) is 4.70. The Morgan fingerprint density at radius 1 is 1.15 bits per heavy atom. The summed E-state index contributed by atoms with van der Waals surface area (Å²) in [5.74, 6) is -0.571. The average Bonchev–Trinajstić information content (AvgIpc) is 3.55. The minimum absolute atomic E-state index is 0.0511. The zero-order valence-electron chi connectivity index (χ0n) is 18.5. The average molecular weight is 446 g/mol. The monoisotopic (exact) mass is 445 g/mol. The van der Waals surface area contributed by atoms with Crippen LogP contribution in [-0.2, 0) is 14.1 Å². The summed E-state index contributed by atoms with van der Waals surface area (Å²) in [5.41, 5.74) is 11.3. The predicted molar refractivity (Wildman–Crippen MR) is 126 cm³/mol. The first-order valence-electron chi connectivity index (χ1n) is 11.1. The third-order valence-electron chi connectivity index (χ3n) is 6.81. The van der Waals surface area contributed by atoms with E-state index < -0.39 is 5.95 Å². The summed E-state index contributed by atoms with van der Waals surface area (Å²) in [6.45, 7) is 0. The van der Waals surface area contributed by atoms with E-state index in [0.717, 1.165) is 53.2 Å². The highest BCUT2D eigenvalue weighted by atomic mass is 19.1. The van der Waals surface area contributed by atoms with Gasteiger partial charge in [0.25, 0.3) is 0 Å². The van der Waals surface area contributed by atoms with Gasteiger partial charge in [-0.3, -0.25) is 13.8 Å². The topological polar surface area (TPSA) is 99.5 Å². The molecule has 1 aliphatic rings. The van der Waals surface area contributed by atoms with Crippen LogP contribution in [0.4, 0.5) is 10.1 Å². The first-order chi connectivity index (χ1) is 15.9. The van der Waals surface area contributed by atoms with Crippen LogP contribution in [0.5, 0.6) is 0 Å². The highest BCUT2D eigenvalue weighted by molar-refractivity contribution is 6.14. The standard InChI is InChI=1S/C24H24FN7O/c1-30-12-16(22(25)29-30)20-18(13-7-9-14(26)10-8-13)19-21-17(11-27-23(19)28-20)31(2)24(33)32(21)15-5-3-4-6-15/h7-12,15H,3-6,26H2,1-2H3,(H,27,28). The number of anilines is 1. The van der Waals surface area contributed by atoms with Crippen LogP contribution in [0.15, 0.2) is 41.5 Å². The Balaban J connectivity index is 1.79. The number of halogens is 1. The van der Waals surface area contributed by atoms with Gasteiger partial charge in [-0.2, -0.15) is 4.39 Å². The normalized spacial score (nSPS) is 14.8. The van der Waals surface area contributed by atoms with Gasteiger partial charge in [-0.1, -0.05) is 25.0 Å². The van der Waals surface area contributed by atoms with Gasteiger partial charge in [0.05, 0.1) is 33.9 Å². The van der Waals surface area contributed by atoms with Gasteiger partial charge in [-0.05, 0) is 30.5 Å². The fourth-order valence-corrected chi connectivity index (χ4v) is 5.25. The van der Waals surface area contributed by atoms with Crippen molar-refractivity contribution in [2.45, 2.75) is 31.7 Å². The predicted octanol–water partition coefficient (Wildman–Crippen LogP) is 4.12. The molecule has 0 aliphatic heterocycles. The summed E-state index contributed by atoms with van der Waals surface area (Å²) in [7, 11) is 3.46. The number of H-pyrrole nitrogens is 1. The number of imidazole rings is 1. The molecule has 1 aliphatic carbocycles. The lowest BCUT2D eigenvalue weighted by Crippen LogP contribution is -2.24. The number of benzene rings is 1. The highest BCUT2D eigenvalue weighted by Crippen LogP contribution is 2.42. The molecule has 1 aromatic carbocycles. The number of hydrogen-bond acceptors (Lipinski definition) is 4. The van der Waals surface area contributed by atoms with Crippen molar-refractivity contribution in [3.05, 3.63) is 53.1 Å². The summed E-state index contributed by atoms with van der Waals surface area (Å²) in [6, 6.07) is 7.60. The lowest BCUT2D eigenvalue weighted by Gasteiger charge is -2.13. The summed E-state index contributed by atoms with van der Waals surface area (Å²) in [6.07, 6.45) is 7.50. The fraction of sp³-hybridized carbons (Fsp3) is 0.292. The number of pyridine rings is 1. The van der Waals surface area contributed by atoms with Crippen molar-refractivity contribution in [3.8, 4) is 22.4 Å². The molecule has 0 unspecified atom stereocenters. The van der Waals surface area contributed by atoms with Crippen molar-refractivity contribution in [1.29, 1.82) is 0 Å². The zero-order chi connectivity index (χ0) is 22.9. The van der Waals surface area contributed by atoms with Crippen molar-refractivity contribution in [1.82, 2.24) is 28.9 Å². The van der Waals surface area contributed by atoms with E-state index in [-0.39, 0.29) is 11.7 Å². The lowest BCUT2D eigenvalue weighted by atomic mass is 9.99. The van der Waals surface area contributed by atoms with Crippen LogP contribution in [0.25, 0.3) is 44.5 Å². The summed E-state index contributed by atoms with van der Waals surface area (Å²) >= 11 is 0. The molecule has 168 valence electrons. The van der Waals surface area contributed by atoms with Crippen LogP contribution in [0.3, 0.4) is 0 Å². The molecule has 8 nitrogen and oxygen atoms in total. The van der Waals surface area contributed by atoms with Crippen LogP contribution in [-0.4, -0.2) is 28.9 Å². The number of nitrogens with one attached hydrogen (secondary N) is 1. The Morgan fingerprint density at radius 3 is 2.55 bits per heavy atom. The smallest absolute Gasteiger partial charge is 0.329 e. The second-order valence-corrected chi connectivity index (χ2v) is 8.87. The molecule has 0 amide bonds. The highest BCUT2D eigenvalue weighted by Gasteiger charge is 2.28. The van der Waals surface area contributed by atoms with Gasteiger partial charge in [0, 0.05) is 37.6 Å². The maximum Gasteiger partial charge on any atom is 0.329 e. The lowest BCUT2D eigenvalue weighted by molar-refractivity contribution is 0.510. The Labute approximate surface area is 188 Å². The Hall–Kier alpha value is -3.88. The van der Waals surface area contributed by atoms with Crippen LogP contribution in [0.2, 0.25) is 0 Å². The molecule has 9 heteroatoms. The number of nitrogens with two attached hydrogens (primary N) is 1. The van der Waals surface area contributed by atoms with E-state index in [4.69, 9.17) is 5.73 Å². The number of nitrogens with zero attached hydrogens (tertiary/aromatic N) is 5. The zero-order valence-corrected chi connectivity index (χ0v) is 18.5. The third-order valence-corrected chi connectivity index (χ3v) is 6.81. The number of aromatic nitrogens is 6. The van der Waals surface area contributed by atoms with Gasteiger partial charge in [-0.15, -0.1) is 5.10 Å². The van der Waals surface area contributed by atoms with Gasteiger partial charge in [0.15, 0.2) is 0 Å². The molecule has 4 heterocycles. The van der Waals surface area contributed by atoms with Crippen molar-refractivity contribution < 1.29 is 4.39 Å². The molecule has 1 fully saturated rings. The first-order valence-corrected chi connectivity index (χ1v) is 11.1. The van der Waals surface area contributed by atoms with Crippen molar-refractivity contribution >= 4 is 27.8 Å². The Kier molecular flexibility index (Phi) is 4.23. The maximum atomic E-state index is 14.8. The molecule has 0 radical (unpaired) electrons. The number of rotatable bonds is 3. The minimum Gasteiger partial charge on any atom is -0.399 e. The molecule has 1 saturated carbocycles. The van der Waals surface area contributed by atoms with Crippen molar-refractivity contribution in [2.75, 3.05) is 5.73 Å². The number of aryl methyl sites for hydroxylation is 2. The minimum atomic E-state index is -0.571. The van der Waals surface area contributed by atoms with Gasteiger partial charge in [0.1, 0.15) is 5.65 Å². The second kappa shape index (κ2) is 7.06. The SMILES string of the molecule is Cn1cc(-c2[nH]c3ncc4c(c3c2-c2ccc(N)cc2)n(C2CCCC2)c(=O)n4C)c(F)n1. The number of fused-ring (bicyclic) bond motifs is 3. The molecule has 0 bridgehead atoms. The molecule has 4 aromatic heterocycles. The van der Waals surface area contributed by atoms with Crippen LogP contribution in [0, 0.1) is 5.95 Å². The van der Waals surface area contributed by atoms with Gasteiger partial charge < -0.3 is 10.7 Å². The van der Waals surface area contributed by atoms with Crippen LogP contribution < -0.4 is 11.4 Å². The number of nitrogen functional groups attached to an aromatic ring is 1. The maximum absolute atomic E-state index is 14.8. The number of aromatic amines is 1. The van der Waals surface area contributed by atoms with E-state index >= 15 is 0 Å². The Bertz CT molecular complexity index is 1580. The van der Waals surface area contributed by atoms with E-state index in [1.54, 1.807) is 31.1 Å². The molecule has 5 aromatic rings. The number of hydrogen-bond donors (Lipinski definition) is 2. The van der Waals surface area contributed by atoms with Gasteiger partial charge >= 0.3 is 5.69 Å². The summed E-state index contributed by atoms with van der Waals surface area (Å²) < 4.78 is 19.9. The molecule has 0 saturated heterocycles. The third kappa shape index (κ3) is 2.84. The molecule has 0 atom stereocenters. The molecule has 33 heavy (non-hydrogen) atoms. The first kappa shape index (κ1) is 19.8. The molecular formula is C24H24FN7O. The van der Waals surface area contributed by atoms with E-state index in [1.807, 2.05) is 28.8 Å². The quantitative estimate of drug-likeness (QED) is 0.408. The molecular weight excluding hydrogens is 421 g/mol. The second-order valence-electron chi connectivity index (χ2n) is 8.87. The molecule has 6 rings (SSSR count). The van der Waals surface area contributed by atoms with E-state index in [2.05, 4.69) is 15.1 Å². The van der Waals surface area contributed by atoms with Crippen LogP contribution in [0.1, 0.15) is 31.7 Å². The molecule has 0 spiro atoms. The molecule has 3 N–H and O–H groups in total. The summed E-state index contributed by atoms with van der Waals surface area (Å²) in [4.78, 5) is 21.3. The van der Waals surface area contributed by atoms with E-state index in [0.29, 0.717) is 22.6 Å². The Morgan fingerprint density at radius 2 is 1.88 bits per heavy atom. The van der Waals surface area contributed by atoms with E-state index in [1.165, 1.54) is 4.68 Å². The van der Waals surface area contributed by atoms with Crippen LogP contribution >= 0.6 is 0 Å². The van der Waals surface area contributed by atoms with Gasteiger partial charge in [-0.25, -0.2) is 9.78 Å². The van der Waals surface area contributed by atoms with E-state index in [9.17, 15) is 9.18 Å².